The Morgan fingerprint density at radius 2 is 1.85 bits per heavy atom. The van der Waals surface area contributed by atoms with E-state index < -0.39 is 0 Å². The molecule has 0 atom stereocenters. The number of hydrogen-bond acceptors (Lipinski definition) is 4. The molecule has 0 aliphatic rings. The highest BCUT2D eigenvalue weighted by atomic mass is 16.5. The van der Waals surface area contributed by atoms with Gasteiger partial charge in [-0.15, -0.1) is 0 Å². The van der Waals surface area contributed by atoms with E-state index in [1.165, 1.54) is 5.56 Å². The Morgan fingerprint density at radius 3 is 2.55 bits per heavy atom. The number of nitrogens with zero attached hydrogens (tertiary/aromatic N) is 1. The molecule has 0 bridgehead atoms. The first-order chi connectivity index (χ1) is 9.63. The van der Waals surface area contributed by atoms with Crippen LogP contribution in [0.3, 0.4) is 0 Å². The van der Waals surface area contributed by atoms with E-state index in [4.69, 9.17) is 9.47 Å². The third-order valence-electron chi connectivity index (χ3n) is 3.08. The van der Waals surface area contributed by atoms with Gasteiger partial charge in [-0.25, -0.2) is 0 Å². The van der Waals surface area contributed by atoms with Crippen LogP contribution >= 0.6 is 0 Å². The molecule has 0 aliphatic carbocycles. The number of benzene rings is 1. The zero-order valence-electron chi connectivity index (χ0n) is 13.2. The lowest BCUT2D eigenvalue weighted by Crippen LogP contribution is -2.28. The quantitative estimate of drug-likeness (QED) is 0.712. The number of nitrogens with one attached hydrogen (secondary N) is 1. The van der Waals surface area contributed by atoms with Crippen LogP contribution in [0.2, 0.25) is 0 Å². The van der Waals surface area contributed by atoms with Gasteiger partial charge in [-0.05, 0) is 13.1 Å². The number of ether oxygens (including phenoxy) is 2. The molecule has 0 saturated carbocycles. The summed E-state index contributed by atoms with van der Waals surface area (Å²) in [7, 11) is 3.80. The van der Waals surface area contributed by atoms with Crippen molar-refractivity contribution in [3.63, 3.8) is 0 Å². The predicted octanol–water partition coefficient (Wildman–Crippen LogP) is 2.14. The summed E-state index contributed by atoms with van der Waals surface area (Å²) in [6.07, 6.45) is 0. The first-order valence-electron chi connectivity index (χ1n) is 7.25. The average molecular weight is 280 g/mol. The predicted molar refractivity (Wildman–Crippen MR) is 83.3 cm³/mol. The molecule has 4 nitrogen and oxygen atoms in total. The molecule has 0 fully saturated rings. The molecule has 0 aromatic heterocycles. The van der Waals surface area contributed by atoms with Crippen molar-refractivity contribution < 1.29 is 9.47 Å². The molecule has 0 unspecified atom stereocenters. The fraction of sp³-hybridized carbons (Fsp3) is 0.625. The molecule has 0 saturated heterocycles. The maximum absolute atomic E-state index is 5.90. The Bertz CT molecular complexity index is 369. The van der Waals surface area contributed by atoms with Crippen molar-refractivity contribution in [3.05, 3.63) is 29.8 Å². The van der Waals surface area contributed by atoms with Crippen molar-refractivity contribution in [2.45, 2.75) is 26.4 Å². The van der Waals surface area contributed by atoms with Gasteiger partial charge in [0.15, 0.2) is 0 Å². The van der Waals surface area contributed by atoms with Gasteiger partial charge < -0.3 is 19.7 Å². The first kappa shape index (κ1) is 17.0. The van der Waals surface area contributed by atoms with E-state index in [-0.39, 0.29) is 0 Å². The molecule has 1 rings (SSSR count). The zero-order valence-corrected chi connectivity index (χ0v) is 13.2. The minimum absolute atomic E-state index is 0.475. The second-order valence-electron chi connectivity index (χ2n) is 5.29. The Kier molecular flexibility index (Phi) is 8.26. The first-order valence-corrected chi connectivity index (χ1v) is 7.25. The van der Waals surface area contributed by atoms with Crippen molar-refractivity contribution in [2.24, 2.45) is 0 Å². The monoisotopic (exact) mass is 280 g/mol. The van der Waals surface area contributed by atoms with Crippen LogP contribution in [-0.2, 0) is 11.3 Å². The summed E-state index contributed by atoms with van der Waals surface area (Å²) in [5.74, 6) is 0.973. The van der Waals surface area contributed by atoms with Crippen LogP contribution in [0.25, 0.3) is 0 Å². The van der Waals surface area contributed by atoms with Gasteiger partial charge in [0, 0.05) is 38.3 Å². The van der Waals surface area contributed by atoms with Crippen LogP contribution in [-0.4, -0.2) is 51.4 Å². The van der Waals surface area contributed by atoms with Crippen molar-refractivity contribution in [3.8, 4) is 5.75 Å². The lowest BCUT2D eigenvalue weighted by Gasteiger charge is -2.18. The number of methoxy groups -OCH3 is 1. The van der Waals surface area contributed by atoms with Gasteiger partial charge in [0.2, 0.25) is 0 Å². The minimum Gasteiger partial charge on any atom is -0.492 e. The number of likely N-dealkylation sites (N-methyl/N-ethyl adjacent to an activating group) is 1. The van der Waals surface area contributed by atoms with Crippen molar-refractivity contribution in [2.75, 3.05) is 40.5 Å². The smallest absolute Gasteiger partial charge is 0.123 e. The Morgan fingerprint density at radius 1 is 1.15 bits per heavy atom. The van der Waals surface area contributed by atoms with Crippen LogP contribution in [0.4, 0.5) is 0 Å². The van der Waals surface area contributed by atoms with E-state index >= 15 is 0 Å². The second kappa shape index (κ2) is 9.75. The average Bonchev–Trinajstić information content (AvgIpc) is 2.44. The van der Waals surface area contributed by atoms with Crippen LogP contribution in [0.5, 0.6) is 5.75 Å². The van der Waals surface area contributed by atoms with Gasteiger partial charge in [0.1, 0.15) is 12.4 Å². The van der Waals surface area contributed by atoms with Crippen LogP contribution in [0, 0.1) is 0 Å². The molecule has 0 aliphatic heterocycles. The Balaban J connectivity index is 2.39. The lowest BCUT2D eigenvalue weighted by molar-refractivity contribution is 0.150. The highest BCUT2D eigenvalue weighted by molar-refractivity contribution is 5.33. The van der Waals surface area contributed by atoms with Crippen LogP contribution in [0.1, 0.15) is 19.4 Å². The van der Waals surface area contributed by atoms with E-state index in [1.54, 1.807) is 7.11 Å². The van der Waals surface area contributed by atoms with Gasteiger partial charge in [0.05, 0.1) is 6.61 Å². The van der Waals surface area contributed by atoms with Gasteiger partial charge in [-0.1, -0.05) is 32.0 Å². The van der Waals surface area contributed by atoms with E-state index in [0.717, 1.165) is 32.0 Å². The molecule has 114 valence electrons. The summed E-state index contributed by atoms with van der Waals surface area (Å²) in [5.41, 5.74) is 1.21. The van der Waals surface area contributed by atoms with E-state index in [1.807, 2.05) is 12.1 Å². The molecule has 4 heteroatoms. The Hall–Kier alpha value is -1.10. The van der Waals surface area contributed by atoms with Gasteiger partial charge in [-0.3, -0.25) is 0 Å². The standard InChI is InChI=1S/C16H28N2O2/c1-14(2)17-13-15-7-5-6-8-16(15)20-12-10-18(3)9-11-19-4/h5-8,14,17H,9-13H2,1-4H3. The number of para-hydroxylation sites is 1. The summed E-state index contributed by atoms with van der Waals surface area (Å²) >= 11 is 0. The summed E-state index contributed by atoms with van der Waals surface area (Å²) in [4.78, 5) is 2.21. The Labute approximate surface area is 123 Å². The van der Waals surface area contributed by atoms with Crippen LogP contribution in [0.15, 0.2) is 24.3 Å². The minimum atomic E-state index is 0.475. The van der Waals surface area contributed by atoms with E-state index in [2.05, 4.69) is 43.2 Å². The molecule has 1 aromatic rings. The molecule has 1 N–H and O–H groups in total. The highest BCUT2D eigenvalue weighted by Crippen LogP contribution is 2.17. The summed E-state index contributed by atoms with van der Waals surface area (Å²) < 4.78 is 11.0. The fourth-order valence-corrected chi connectivity index (χ4v) is 1.78. The molecular weight excluding hydrogens is 252 g/mol. The van der Waals surface area contributed by atoms with Crippen LogP contribution < -0.4 is 10.1 Å². The highest BCUT2D eigenvalue weighted by Gasteiger charge is 2.04. The molecule has 0 amide bonds. The SMILES string of the molecule is COCCN(C)CCOc1ccccc1CNC(C)C. The van der Waals surface area contributed by atoms with Crippen molar-refractivity contribution in [1.29, 1.82) is 0 Å². The van der Waals surface area contributed by atoms with Gasteiger partial charge in [0.25, 0.3) is 0 Å². The summed E-state index contributed by atoms with van der Waals surface area (Å²) in [6.45, 7) is 8.41. The molecule has 1 aromatic carbocycles. The second-order valence-corrected chi connectivity index (χ2v) is 5.29. The van der Waals surface area contributed by atoms with E-state index in [9.17, 15) is 0 Å². The van der Waals surface area contributed by atoms with Gasteiger partial charge >= 0.3 is 0 Å². The largest absolute Gasteiger partial charge is 0.492 e. The topological polar surface area (TPSA) is 33.7 Å². The molecular formula is C16H28N2O2. The maximum Gasteiger partial charge on any atom is 0.123 e. The molecule has 0 heterocycles. The third kappa shape index (κ3) is 6.89. The number of rotatable bonds is 10. The molecule has 0 spiro atoms. The molecule has 0 radical (unpaired) electrons. The van der Waals surface area contributed by atoms with Gasteiger partial charge in [-0.2, -0.15) is 0 Å². The van der Waals surface area contributed by atoms with Crippen molar-refractivity contribution in [1.82, 2.24) is 10.2 Å². The normalized spacial score (nSPS) is 11.3. The maximum atomic E-state index is 5.90. The lowest BCUT2D eigenvalue weighted by atomic mass is 10.2. The fourth-order valence-electron chi connectivity index (χ4n) is 1.78. The third-order valence-corrected chi connectivity index (χ3v) is 3.08. The summed E-state index contributed by atoms with van der Waals surface area (Å²) in [6, 6.07) is 8.69. The van der Waals surface area contributed by atoms with E-state index in [0.29, 0.717) is 12.6 Å². The number of hydrogen-bond donors (Lipinski definition) is 1. The van der Waals surface area contributed by atoms with Crippen molar-refractivity contribution >= 4 is 0 Å². The summed E-state index contributed by atoms with van der Waals surface area (Å²) in [5, 5.41) is 3.42. The molecule has 20 heavy (non-hydrogen) atoms. The zero-order chi connectivity index (χ0) is 14.8.